The van der Waals surface area contributed by atoms with Crippen LogP contribution in [0.2, 0.25) is 5.02 Å². The lowest BCUT2D eigenvalue weighted by Crippen LogP contribution is -2.30. The molecule has 0 N–H and O–H groups in total. The van der Waals surface area contributed by atoms with Crippen molar-refractivity contribution in [2.75, 3.05) is 13.1 Å². The predicted octanol–water partition coefficient (Wildman–Crippen LogP) is 3.21. The molecule has 2 aromatic carbocycles. The lowest BCUT2D eigenvalue weighted by molar-refractivity contribution is 0.0803. The van der Waals surface area contributed by atoms with E-state index in [4.69, 9.17) is 16.4 Å². The monoisotopic (exact) mass is 394 g/mol. The molecule has 0 radical (unpaired) electrons. The van der Waals surface area contributed by atoms with E-state index in [9.17, 15) is 12.8 Å². The summed E-state index contributed by atoms with van der Waals surface area (Å²) in [7, 11) is -3.66. The van der Waals surface area contributed by atoms with Crippen LogP contribution in [0.5, 0.6) is 0 Å². The van der Waals surface area contributed by atoms with Crippen molar-refractivity contribution < 1.29 is 17.6 Å². The first-order valence-corrected chi connectivity index (χ1v) is 9.94. The highest BCUT2D eigenvalue weighted by atomic mass is 35.5. The molecule has 8 heteroatoms. The summed E-state index contributed by atoms with van der Waals surface area (Å²) < 4.78 is 41.5. The van der Waals surface area contributed by atoms with E-state index in [1.165, 1.54) is 16.4 Å². The van der Waals surface area contributed by atoms with Gasteiger partial charge in [-0.3, -0.25) is 0 Å². The van der Waals surface area contributed by atoms with Crippen molar-refractivity contribution >= 4 is 27.3 Å². The summed E-state index contributed by atoms with van der Waals surface area (Å²) in [6.45, 7) is 2.18. The summed E-state index contributed by atoms with van der Waals surface area (Å²) in [5.41, 5.74) is 1.40. The van der Waals surface area contributed by atoms with Crippen LogP contribution in [0.15, 0.2) is 52.5 Å². The smallest absolute Gasteiger partial charge is 0.243 e. The summed E-state index contributed by atoms with van der Waals surface area (Å²) in [6, 6.07) is 11.1. The van der Waals surface area contributed by atoms with Crippen molar-refractivity contribution in [1.29, 1.82) is 0 Å². The van der Waals surface area contributed by atoms with Gasteiger partial charge in [0.2, 0.25) is 10.0 Å². The van der Waals surface area contributed by atoms with Crippen LogP contribution in [-0.4, -0.2) is 37.6 Å². The highest BCUT2D eigenvalue weighted by Gasteiger charge is 2.47. The molecule has 0 saturated carbocycles. The zero-order valence-corrected chi connectivity index (χ0v) is 15.5. The Morgan fingerprint density at radius 1 is 1.23 bits per heavy atom. The topological polar surface area (TPSA) is 59.0 Å². The number of oxime groups is 1. The zero-order valence-electron chi connectivity index (χ0n) is 13.9. The molecule has 2 heterocycles. The third-order valence-electron chi connectivity index (χ3n) is 4.72. The number of nitrogens with zero attached hydrogens (tertiary/aromatic N) is 2. The summed E-state index contributed by atoms with van der Waals surface area (Å²) in [6.07, 6.45) is -0.444. The molecule has 0 amide bonds. The van der Waals surface area contributed by atoms with E-state index in [0.29, 0.717) is 5.71 Å². The Balaban J connectivity index is 1.64. The number of sulfonamides is 1. The fourth-order valence-corrected chi connectivity index (χ4v) is 5.24. The Kier molecular flexibility index (Phi) is 4.25. The number of hydrogen-bond acceptors (Lipinski definition) is 4. The van der Waals surface area contributed by atoms with Crippen LogP contribution in [0.3, 0.4) is 0 Å². The Morgan fingerprint density at radius 2 is 2.00 bits per heavy atom. The number of hydrogen-bond donors (Lipinski definition) is 0. The van der Waals surface area contributed by atoms with Crippen molar-refractivity contribution in [3.8, 4) is 0 Å². The third-order valence-corrected chi connectivity index (χ3v) is 6.86. The van der Waals surface area contributed by atoms with E-state index in [1.54, 1.807) is 24.3 Å². The largest absolute Gasteiger partial charge is 0.390 e. The van der Waals surface area contributed by atoms with Crippen LogP contribution < -0.4 is 0 Å². The van der Waals surface area contributed by atoms with Gasteiger partial charge in [0, 0.05) is 6.54 Å². The molecule has 5 nitrogen and oxygen atoms in total. The average Bonchev–Trinajstić information content (AvgIpc) is 3.17. The third kappa shape index (κ3) is 2.80. The van der Waals surface area contributed by atoms with Crippen LogP contribution in [-0.2, 0) is 14.9 Å². The lowest BCUT2D eigenvalue weighted by atomic mass is 9.94. The van der Waals surface area contributed by atoms with Crippen molar-refractivity contribution in [3.05, 3.63) is 64.4 Å². The Hall–Kier alpha value is -1.96. The average molecular weight is 395 g/mol. The molecule has 1 saturated heterocycles. The van der Waals surface area contributed by atoms with Crippen LogP contribution in [0.1, 0.15) is 11.1 Å². The lowest BCUT2D eigenvalue weighted by Gasteiger charge is -2.17. The molecule has 2 aromatic rings. The first-order chi connectivity index (χ1) is 12.4. The number of aryl methyl sites for hydroxylation is 1. The second-order valence-corrected chi connectivity index (χ2v) is 8.81. The molecular weight excluding hydrogens is 379 g/mol. The quantitative estimate of drug-likeness (QED) is 0.803. The molecule has 2 unspecified atom stereocenters. The number of benzene rings is 2. The van der Waals surface area contributed by atoms with Gasteiger partial charge in [-0.1, -0.05) is 35.0 Å². The summed E-state index contributed by atoms with van der Waals surface area (Å²) in [4.78, 5) is 5.63. The van der Waals surface area contributed by atoms with Gasteiger partial charge >= 0.3 is 0 Å². The predicted molar refractivity (Wildman–Crippen MR) is 96.2 cm³/mol. The minimum atomic E-state index is -3.66. The molecular formula is C18H16ClFN2O3S. The molecule has 1 fully saturated rings. The van der Waals surface area contributed by atoms with Gasteiger partial charge in [0.15, 0.2) is 6.10 Å². The van der Waals surface area contributed by atoms with E-state index in [1.807, 2.05) is 13.0 Å². The molecule has 2 aliphatic heterocycles. The van der Waals surface area contributed by atoms with E-state index >= 15 is 0 Å². The first kappa shape index (κ1) is 17.5. The highest BCUT2D eigenvalue weighted by Crippen LogP contribution is 2.35. The molecule has 26 heavy (non-hydrogen) atoms. The fraction of sp³-hybridized carbons (Fsp3) is 0.278. The van der Waals surface area contributed by atoms with Gasteiger partial charge in [0.1, 0.15) is 5.82 Å². The van der Waals surface area contributed by atoms with Gasteiger partial charge in [-0.2, -0.15) is 4.31 Å². The number of rotatable bonds is 3. The van der Waals surface area contributed by atoms with Crippen LogP contribution in [0, 0.1) is 18.7 Å². The first-order valence-electron chi connectivity index (χ1n) is 8.13. The Labute approximate surface area is 156 Å². The SMILES string of the molecule is Cc1cccc(S(=O)(=O)N2CC3ON=C(c4c(F)cccc4Cl)C3C2)c1. The van der Waals surface area contributed by atoms with E-state index < -0.39 is 21.9 Å². The normalized spacial score (nSPS) is 22.8. The minimum absolute atomic E-state index is 0.167. The Bertz CT molecular complexity index is 989. The van der Waals surface area contributed by atoms with Crippen LogP contribution in [0.4, 0.5) is 4.39 Å². The minimum Gasteiger partial charge on any atom is -0.390 e. The van der Waals surface area contributed by atoms with Gasteiger partial charge in [-0.05, 0) is 36.8 Å². The second kappa shape index (κ2) is 6.33. The molecule has 0 bridgehead atoms. The fourth-order valence-electron chi connectivity index (χ4n) is 3.40. The highest BCUT2D eigenvalue weighted by molar-refractivity contribution is 7.89. The molecule has 2 atom stereocenters. The van der Waals surface area contributed by atoms with Crippen LogP contribution >= 0.6 is 11.6 Å². The van der Waals surface area contributed by atoms with E-state index in [2.05, 4.69) is 5.16 Å². The van der Waals surface area contributed by atoms with E-state index in [0.717, 1.165) is 5.56 Å². The van der Waals surface area contributed by atoms with Crippen molar-refractivity contribution in [2.45, 2.75) is 17.9 Å². The van der Waals surface area contributed by atoms with E-state index in [-0.39, 0.29) is 34.5 Å². The van der Waals surface area contributed by atoms with Gasteiger partial charge in [0.05, 0.1) is 33.7 Å². The van der Waals surface area contributed by atoms with Crippen molar-refractivity contribution in [3.63, 3.8) is 0 Å². The molecule has 136 valence electrons. The standard InChI is InChI=1S/C18H16ClFN2O3S/c1-11-4-2-5-12(8-11)26(23,24)22-9-13-16(10-22)25-21-18(13)17-14(19)6-3-7-15(17)20/h2-8,13,16H,9-10H2,1H3. The second-order valence-electron chi connectivity index (χ2n) is 6.46. The molecule has 0 aromatic heterocycles. The van der Waals surface area contributed by atoms with Gasteiger partial charge in [-0.15, -0.1) is 0 Å². The van der Waals surface area contributed by atoms with Gasteiger partial charge < -0.3 is 4.84 Å². The maximum absolute atomic E-state index is 14.2. The summed E-state index contributed by atoms with van der Waals surface area (Å²) >= 11 is 6.13. The summed E-state index contributed by atoms with van der Waals surface area (Å²) in [5.74, 6) is -0.857. The molecule has 0 aliphatic carbocycles. The molecule has 0 spiro atoms. The maximum Gasteiger partial charge on any atom is 0.243 e. The van der Waals surface area contributed by atoms with Gasteiger partial charge in [0.25, 0.3) is 0 Å². The zero-order chi connectivity index (χ0) is 18.5. The van der Waals surface area contributed by atoms with Gasteiger partial charge in [-0.25, -0.2) is 12.8 Å². The Morgan fingerprint density at radius 3 is 2.73 bits per heavy atom. The number of halogens is 2. The maximum atomic E-state index is 14.2. The van der Waals surface area contributed by atoms with Crippen LogP contribution in [0.25, 0.3) is 0 Å². The molecule has 2 aliphatic rings. The molecule has 4 rings (SSSR count). The van der Waals surface area contributed by atoms with Crippen molar-refractivity contribution in [2.24, 2.45) is 11.1 Å². The van der Waals surface area contributed by atoms with Crippen molar-refractivity contribution in [1.82, 2.24) is 4.31 Å². The summed E-state index contributed by atoms with van der Waals surface area (Å²) in [5, 5.41) is 4.22. The number of fused-ring (bicyclic) bond motifs is 1.